The Labute approximate surface area is 124 Å². The molecule has 0 radical (unpaired) electrons. The molecule has 2 rings (SSSR count). The van der Waals surface area contributed by atoms with Gasteiger partial charge in [0.05, 0.1) is 5.02 Å². The zero-order chi connectivity index (χ0) is 14.9. The number of halogens is 2. The molecule has 2 aromatic rings. The maximum atomic E-state index is 13.9. The van der Waals surface area contributed by atoms with E-state index in [9.17, 15) is 4.39 Å². The van der Waals surface area contributed by atoms with Crippen molar-refractivity contribution in [1.29, 1.82) is 0 Å². The van der Waals surface area contributed by atoms with Gasteiger partial charge in [-0.25, -0.2) is 9.37 Å². The largest absolute Gasteiger partial charge is 0.370 e. The molecule has 1 N–H and O–H groups in total. The van der Waals surface area contributed by atoms with Crippen LogP contribution in [0.4, 0.5) is 10.2 Å². The van der Waals surface area contributed by atoms with Crippen LogP contribution in [0.3, 0.4) is 0 Å². The fourth-order valence-electron chi connectivity index (χ4n) is 2.14. The highest BCUT2D eigenvalue weighted by Crippen LogP contribution is 2.34. The van der Waals surface area contributed by atoms with Gasteiger partial charge in [0.1, 0.15) is 17.2 Å². The monoisotopic (exact) mass is 294 g/mol. The molecule has 20 heavy (non-hydrogen) atoms. The van der Waals surface area contributed by atoms with E-state index in [4.69, 9.17) is 11.6 Å². The molecule has 0 spiro atoms. The van der Waals surface area contributed by atoms with Gasteiger partial charge in [-0.3, -0.25) is 0 Å². The zero-order valence-corrected chi connectivity index (χ0v) is 13.1. The highest BCUT2D eigenvalue weighted by molar-refractivity contribution is 6.35. The van der Waals surface area contributed by atoms with Crippen molar-refractivity contribution in [3.63, 3.8) is 0 Å². The lowest BCUT2D eigenvalue weighted by molar-refractivity contribution is 0.589. The van der Waals surface area contributed by atoms with Gasteiger partial charge in [-0.1, -0.05) is 39.3 Å². The van der Waals surface area contributed by atoms with Gasteiger partial charge >= 0.3 is 0 Å². The van der Waals surface area contributed by atoms with Crippen LogP contribution in [0.15, 0.2) is 18.2 Å². The minimum absolute atomic E-state index is 0.0904. The third kappa shape index (κ3) is 2.88. The second-order valence-electron chi connectivity index (χ2n) is 5.99. The van der Waals surface area contributed by atoms with Crippen LogP contribution in [0.5, 0.6) is 0 Å². The molecular weight excluding hydrogens is 275 g/mol. The molecule has 1 aromatic heterocycles. The smallest absolute Gasteiger partial charge is 0.149 e. The van der Waals surface area contributed by atoms with E-state index in [0.29, 0.717) is 15.9 Å². The summed E-state index contributed by atoms with van der Waals surface area (Å²) in [4.78, 5) is 4.47. The van der Waals surface area contributed by atoms with Gasteiger partial charge in [-0.15, -0.1) is 0 Å². The van der Waals surface area contributed by atoms with Crippen molar-refractivity contribution in [2.75, 3.05) is 11.9 Å². The van der Waals surface area contributed by atoms with Crippen molar-refractivity contribution in [2.24, 2.45) is 0 Å². The number of hydrogen-bond acceptors (Lipinski definition) is 2. The second kappa shape index (κ2) is 5.57. The van der Waals surface area contributed by atoms with Crippen LogP contribution < -0.4 is 5.32 Å². The average molecular weight is 295 g/mol. The Morgan fingerprint density at radius 3 is 2.60 bits per heavy atom. The van der Waals surface area contributed by atoms with Crippen LogP contribution >= 0.6 is 11.6 Å². The van der Waals surface area contributed by atoms with Gasteiger partial charge in [0, 0.05) is 17.5 Å². The van der Waals surface area contributed by atoms with E-state index in [-0.39, 0.29) is 11.2 Å². The Kier molecular flexibility index (Phi) is 4.19. The number of nitrogens with zero attached hydrogens (tertiary/aromatic N) is 1. The van der Waals surface area contributed by atoms with E-state index in [0.717, 1.165) is 24.3 Å². The minimum Gasteiger partial charge on any atom is -0.370 e. The van der Waals surface area contributed by atoms with E-state index in [1.807, 2.05) is 6.07 Å². The Balaban J connectivity index is 2.71. The third-order valence-corrected chi connectivity index (χ3v) is 3.56. The van der Waals surface area contributed by atoms with E-state index < -0.39 is 0 Å². The highest BCUT2D eigenvalue weighted by Gasteiger charge is 2.21. The quantitative estimate of drug-likeness (QED) is 0.847. The summed E-state index contributed by atoms with van der Waals surface area (Å²) in [6.07, 6.45) is 0.987. The van der Waals surface area contributed by atoms with Crippen LogP contribution in [-0.2, 0) is 5.41 Å². The number of aromatic nitrogens is 1. The molecule has 0 aliphatic heterocycles. The van der Waals surface area contributed by atoms with E-state index in [2.05, 4.69) is 38.0 Å². The highest BCUT2D eigenvalue weighted by atomic mass is 35.5. The Hall–Kier alpha value is -1.35. The summed E-state index contributed by atoms with van der Waals surface area (Å²) in [6.45, 7) is 9.23. The fourth-order valence-corrected chi connectivity index (χ4v) is 2.35. The average Bonchev–Trinajstić information content (AvgIpc) is 2.39. The van der Waals surface area contributed by atoms with E-state index in [1.54, 1.807) is 6.07 Å². The maximum absolute atomic E-state index is 13.9. The van der Waals surface area contributed by atoms with Gasteiger partial charge in [0.15, 0.2) is 0 Å². The number of benzene rings is 1. The Morgan fingerprint density at radius 1 is 1.30 bits per heavy atom. The number of nitrogens with one attached hydrogen (secondary N) is 1. The molecule has 0 atom stereocenters. The summed E-state index contributed by atoms with van der Waals surface area (Å²) >= 11 is 6.18. The molecule has 108 valence electrons. The molecular formula is C16H20ClFN2. The van der Waals surface area contributed by atoms with Crippen molar-refractivity contribution in [1.82, 2.24) is 4.98 Å². The SMILES string of the molecule is CCCNc1nc2c(F)ccc(Cl)c2cc1C(C)(C)C. The van der Waals surface area contributed by atoms with Gasteiger partial charge in [-0.2, -0.15) is 0 Å². The summed E-state index contributed by atoms with van der Waals surface area (Å²) in [6, 6.07) is 4.89. The van der Waals surface area contributed by atoms with E-state index >= 15 is 0 Å². The summed E-state index contributed by atoms with van der Waals surface area (Å²) < 4.78 is 13.9. The van der Waals surface area contributed by atoms with Crippen LogP contribution in [-0.4, -0.2) is 11.5 Å². The fraction of sp³-hybridized carbons (Fsp3) is 0.438. The molecule has 0 saturated carbocycles. The van der Waals surface area contributed by atoms with Crippen LogP contribution in [0.2, 0.25) is 5.02 Å². The first-order chi connectivity index (χ1) is 9.34. The number of fused-ring (bicyclic) bond motifs is 1. The maximum Gasteiger partial charge on any atom is 0.149 e. The minimum atomic E-state index is -0.343. The first-order valence-electron chi connectivity index (χ1n) is 6.87. The first-order valence-corrected chi connectivity index (χ1v) is 7.25. The molecule has 0 aliphatic rings. The number of anilines is 1. The third-order valence-electron chi connectivity index (χ3n) is 3.23. The van der Waals surface area contributed by atoms with Gasteiger partial charge in [0.2, 0.25) is 0 Å². The topological polar surface area (TPSA) is 24.9 Å². The van der Waals surface area contributed by atoms with Crippen LogP contribution in [0.1, 0.15) is 39.7 Å². The van der Waals surface area contributed by atoms with Gasteiger partial charge in [-0.05, 0) is 30.0 Å². The second-order valence-corrected chi connectivity index (χ2v) is 6.39. The molecule has 0 unspecified atom stereocenters. The predicted molar refractivity (Wildman–Crippen MR) is 84.2 cm³/mol. The van der Waals surface area contributed by atoms with Crippen molar-refractivity contribution < 1.29 is 4.39 Å². The molecule has 0 aliphatic carbocycles. The van der Waals surface area contributed by atoms with Crippen LogP contribution in [0, 0.1) is 5.82 Å². The standard InChI is InChI=1S/C16H20ClFN2/c1-5-8-19-15-11(16(2,3)4)9-10-12(17)6-7-13(18)14(10)20-15/h6-7,9H,5,8H2,1-4H3,(H,19,20). The Bertz CT molecular complexity index is 632. The molecule has 4 heteroatoms. The van der Waals surface area contributed by atoms with E-state index in [1.165, 1.54) is 6.07 Å². The molecule has 0 bridgehead atoms. The summed E-state index contributed by atoms with van der Waals surface area (Å²) in [5, 5.41) is 4.48. The van der Waals surface area contributed by atoms with Crippen molar-refractivity contribution in [3.05, 3.63) is 34.6 Å². The molecule has 2 nitrogen and oxygen atoms in total. The zero-order valence-electron chi connectivity index (χ0n) is 12.3. The number of hydrogen-bond donors (Lipinski definition) is 1. The number of pyridine rings is 1. The van der Waals surface area contributed by atoms with Crippen molar-refractivity contribution in [3.8, 4) is 0 Å². The number of rotatable bonds is 3. The van der Waals surface area contributed by atoms with Crippen molar-refractivity contribution in [2.45, 2.75) is 39.5 Å². The summed E-state index contributed by atoms with van der Waals surface area (Å²) in [7, 11) is 0. The van der Waals surface area contributed by atoms with Crippen LogP contribution in [0.25, 0.3) is 10.9 Å². The Morgan fingerprint density at radius 2 is 2.00 bits per heavy atom. The summed E-state index contributed by atoms with van der Waals surface area (Å²) in [5.41, 5.74) is 1.28. The first kappa shape index (κ1) is 15.0. The molecule has 1 aromatic carbocycles. The normalized spacial score (nSPS) is 11.9. The van der Waals surface area contributed by atoms with Gasteiger partial charge < -0.3 is 5.32 Å². The summed E-state index contributed by atoms with van der Waals surface area (Å²) in [5.74, 6) is 0.400. The lowest BCUT2D eigenvalue weighted by Gasteiger charge is -2.23. The van der Waals surface area contributed by atoms with Crippen molar-refractivity contribution >= 4 is 28.3 Å². The van der Waals surface area contributed by atoms with Gasteiger partial charge in [0.25, 0.3) is 0 Å². The molecule has 1 heterocycles. The predicted octanol–water partition coefficient (Wildman–Crippen LogP) is 5.15. The molecule has 0 saturated heterocycles. The molecule has 0 fully saturated rings. The lowest BCUT2D eigenvalue weighted by atomic mass is 9.86. The molecule has 0 amide bonds. The lowest BCUT2D eigenvalue weighted by Crippen LogP contribution is -2.17.